The van der Waals surface area contributed by atoms with Crippen LogP contribution in [0.5, 0.6) is 0 Å². The summed E-state index contributed by atoms with van der Waals surface area (Å²) in [7, 11) is 1.78. The van der Waals surface area contributed by atoms with E-state index in [2.05, 4.69) is 10.2 Å². The number of nitrogens with zero attached hydrogens (tertiary/aromatic N) is 5. The molecule has 1 heterocycles. The number of hydrogen-bond donors (Lipinski definition) is 0. The predicted molar refractivity (Wildman–Crippen MR) is 104 cm³/mol. The quantitative estimate of drug-likeness (QED) is 0.540. The van der Waals surface area contributed by atoms with Gasteiger partial charge in [-0.2, -0.15) is 0 Å². The molecule has 0 N–H and O–H groups in total. The van der Waals surface area contributed by atoms with E-state index in [4.69, 9.17) is 0 Å². The molecule has 2 aliphatic rings. The first-order valence-corrected chi connectivity index (χ1v) is 10.5. The molecule has 0 atom stereocenters. The minimum atomic E-state index is -0.433. The van der Waals surface area contributed by atoms with Gasteiger partial charge >= 0.3 is 0 Å². The van der Waals surface area contributed by atoms with Crippen LogP contribution < -0.4 is 0 Å². The zero-order valence-electron chi connectivity index (χ0n) is 15.8. The Morgan fingerprint density at radius 1 is 1.21 bits per heavy atom. The average Bonchev–Trinajstić information content (AvgIpc) is 3.45. The molecule has 1 amide bonds. The van der Waals surface area contributed by atoms with Gasteiger partial charge in [0.2, 0.25) is 0 Å². The molecule has 0 saturated heterocycles. The normalized spacial score (nSPS) is 17.5. The molecule has 0 bridgehead atoms. The molecule has 2 saturated carbocycles. The second-order valence-electron chi connectivity index (χ2n) is 7.50. The van der Waals surface area contributed by atoms with Gasteiger partial charge in [-0.1, -0.05) is 19.3 Å². The molecule has 1 aromatic heterocycles. The highest BCUT2D eigenvalue weighted by atomic mass is 32.2. The molecule has 2 aromatic rings. The summed E-state index contributed by atoms with van der Waals surface area (Å²) in [5, 5.41) is 20.0. The Bertz CT molecular complexity index is 889. The minimum absolute atomic E-state index is 0.0711. The van der Waals surface area contributed by atoms with Gasteiger partial charge in [-0.3, -0.25) is 14.9 Å². The van der Waals surface area contributed by atoms with Gasteiger partial charge in [-0.25, -0.2) is 0 Å². The Morgan fingerprint density at radius 2 is 1.93 bits per heavy atom. The lowest BCUT2D eigenvalue weighted by atomic mass is 9.93. The van der Waals surface area contributed by atoms with Gasteiger partial charge in [0.1, 0.15) is 6.33 Å². The van der Waals surface area contributed by atoms with Crippen LogP contribution in [0.2, 0.25) is 0 Å². The molecule has 1 aromatic carbocycles. The SMILES string of the molecule is Cn1cnnc1Sc1ccc(C(=O)N(C2CCCCC2)C2CC2)cc1[N+](=O)[O-]. The number of benzene rings is 1. The van der Waals surface area contributed by atoms with Crippen molar-refractivity contribution in [2.45, 2.75) is 67.1 Å². The highest BCUT2D eigenvalue weighted by Gasteiger charge is 2.38. The number of carbonyl (C=O) groups is 1. The van der Waals surface area contributed by atoms with E-state index in [0.29, 0.717) is 21.7 Å². The fraction of sp³-hybridized carbons (Fsp3) is 0.526. The first kappa shape index (κ1) is 18.9. The summed E-state index contributed by atoms with van der Waals surface area (Å²) in [6.07, 6.45) is 9.19. The molecule has 2 fully saturated rings. The van der Waals surface area contributed by atoms with Crippen LogP contribution in [0.3, 0.4) is 0 Å². The van der Waals surface area contributed by atoms with Crippen molar-refractivity contribution in [3.8, 4) is 0 Å². The fourth-order valence-corrected chi connectivity index (χ4v) is 4.68. The summed E-state index contributed by atoms with van der Waals surface area (Å²) in [5.41, 5.74) is 0.324. The van der Waals surface area contributed by atoms with Gasteiger partial charge < -0.3 is 9.47 Å². The number of amides is 1. The van der Waals surface area contributed by atoms with Crippen LogP contribution in [0.4, 0.5) is 5.69 Å². The monoisotopic (exact) mass is 401 g/mol. The van der Waals surface area contributed by atoms with Gasteiger partial charge in [0.25, 0.3) is 11.6 Å². The summed E-state index contributed by atoms with van der Waals surface area (Å²) in [6, 6.07) is 5.32. The molecule has 148 valence electrons. The van der Waals surface area contributed by atoms with Crippen molar-refractivity contribution >= 4 is 23.4 Å². The third-order valence-corrected chi connectivity index (χ3v) is 6.53. The molecule has 4 rings (SSSR count). The Labute approximate surface area is 167 Å². The lowest BCUT2D eigenvalue weighted by molar-refractivity contribution is -0.387. The second-order valence-corrected chi connectivity index (χ2v) is 8.51. The lowest BCUT2D eigenvalue weighted by Gasteiger charge is -2.34. The third kappa shape index (κ3) is 3.89. The maximum absolute atomic E-state index is 13.3. The van der Waals surface area contributed by atoms with Crippen molar-refractivity contribution in [3.05, 3.63) is 40.2 Å². The highest BCUT2D eigenvalue weighted by molar-refractivity contribution is 7.99. The number of rotatable bonds is 6. The fourth-order valence-electron chi connectivity index (χ4n) is 3.83. The van der Waals surface area contributed by atoms with E-state index in [0.717, 1.165) is 38.5 Å². The first-order valence-electron chi connectivity index (χ1n) is 9.67. The zero-order chi connectivity index (χ0) is 19.7. The molecule has 9 heteroatoms. The topological polar surface area (TPSA) is 94.2 Å². The van der Waals surface area contributed by atoms with Crippen LogP contribution in [0, 0.1) is 10.1 Å². The summed E-state index contributed by atoms with van der Waals surface area (Å²) in [6.45, 7) is 0. The first-order chi connectivity index (χ1) is 13.5. The number of hydrogen-bond acceptors (Lipinski definition) is 6. The van der Waals surface area contributed by atoms with Gasteiger partial charge in [0.15, 0.2) is 5.16 Å². The molecule has 0 unspecified atom stereocenters. The molecule has 2 aliphatic carbocycles. The maximum Gasteiger partial charge on any atom is 0.284 e. The Balaban J connectivity index is 1.61. The number of nitro benzene ring substituents is 1. The number of nitro groups is 1. The molecule has 0 radical (unpaired) electrons. The molecular formula is C19H23N5O3S. The van der Waals surface area contributed by atoms with E-state index < -0.39 is 4.92 Å². The van der Waals surface area contributed by atoms with E-state index in [1.807, 2.05) is 4.90 Å². The third-order valence-electron chi connectivity index (χ3n) is 5.42. The van der Waals surface area contributed by atoms with Crippen molar-refractivity contribution in [3.63, 3.8) is 0 Å². The molecule has 0 spiro atoms. The van der Waals surface area contributed by atoms with E-state index in [9.17, 15) is 14.9 Å². The van der Waals surface area contributed by atoms with Gasteiger partial charge in [-0.15, -0.1) is 10.2 Å². The Morgan fingerprint density at radius 3 is 2.54 bits per heavy atom. The summed E-state index contributed by atoms with van der Waals surface area (Å²) < 4.78 is 1.70. The van der Waals surface area contributed by atoms with Crippen LogP contribution in [-0.2, 0) is 7.05 Å². The Kier molecular flexibility index (Phi) is 5.34. The summed E-state index contributed by atoms with van der Waals surface area (Å²) in [5.74, 6) is -0.0762. The van der Waals surface area contributed by atoms with Crippen LogP contribution in [0.1, 0.15) is 55.3 Å². The maximum atomic E-state index is 13.3. The van der Waals surface area contributed by atoms with Crippen LogP contribution >= 0.6 is 11.8 Å². The van der Waals surface area contributed by atoms with Crippen LogP contribution in [0.15, 0.2) is 34.6 Å². The molecule has 0 aliphatic heterocycles. The van der Waals surface area contributed by atoms with Gasteiger partial charge in [0.05, 0.1) is 9.82 Å². The summed E-state index contributed by atoms with van der Waals surface area (Å²) >= 11 is 1.17. The number of aromatic nitrogens is 3. The van der Waals surface area contributed by atoms with Crippen molar-refractivity contribution in [2.75, 3.05) is 0 Å². The van der Waals surface area contributed by atoms with Crippen molar-refractivity contribution < 1.29 is 9.72 Å². The lowest BCUT2D eigenvalue weighted by Crippen LogP contribution is -2.43. The smallest absolute Gasteiger partial charge is 0.284 e. The van der Waals surface area contributed by atoms with Crippen molar-refractivity contribution in [2.24, 2.45) is 7.05 Å². The number of aryl methyl sites for hydroxylation is 1. The summed E-state index contributed by atoms with van der Waals surface area (Å²) in [4.78, 5) is 26.9. The van der Waals surface area contributed by atoms with Gasteiger partial charge in [0, 0.05) is 30.8 Å². The van der Waals surface area contributed by atoms with E-state index in [1.54, 1.807) is 30.1 Å². The average molecular weight is 401 g/mol. The predicted octanol–water partition coefficient (Wildman–Crippen LogP) is 3.81. The zero-order valence-corrected chi connectivity index (χ0v) is 16.6. The van der Waals surface area contributed by atoms with E-state index in [-0.39, 0.29) is 17.6 Å². The van der Waals surface area contributed by atoms with Crippen molar-refractivity contribution in [1.82, 2.24) is 19.7 Å². The highest BCUT2D eigenvalue weighted by Crippen LogP contribution is 2.37. The molecular weight excluding hydrogens is 378 g/mol. The second kappa shape index (κ2) is 7.90. The molecule has 28 heavy (non-hydrogen) atoms. The minimum Gasteiger partial charge on any atom is -0.333 e. The largest absolute Gasteiger partial charge is 0.333 e. The van der Waals surface area contributed by atoms with Gasteiger partial charge in [-0.05, 0) is 49.6 Å². The Hall–Kier alpha value is -2.42. The van der Waals surface area contributed by atoms with Crippen LogP contribution in [0.25, 0.3) is 0 Å². The van der Waals surface area contributed by atoms with E-state index >= 15 is 0 Å². The van der Waals surface area contributed by atoms with Crippen LogP contribution in [-0.4, -0.2) is 42.6 Å². The van der Waals surface area contributed by atoms with Crippen molar-refractivity contribution in [1.29, 1.82) is 0 Å². The van der Waals surface area contributed by atoms with E-state index in [1.165, 1.54) is 24.2 Å². The number of carbonyl (C=O) groups excluding carboxylic acids is 1. The molecule has 8 nitrogen and oxygen atoms in total. The standard InChI is InChI=1S/C19H23N5O3S/c1-22-12-20-21-19(22)28-17-10-7-13(11-16(17)24(26)27)18(25)23(15-8-9-15)14-5-3-2-4-6-14/h7,10-12,14-15H,2-6,8-9H2,1H3.